The molecule has 0 saturated heterocycles. The number of aromatic amines is 1. The maximum absolute atomic E-state index is 12.0. The van der Waals surface area contributed by atoms with Gasteiger partial charge in [-0.15, -0.1) is 0 Å². The SMILES string of the molecule is COCCc1ccccc1NC(=O)c1[nH]ncc1N. The number of nitrogens with two attached hydrogens (primary N) is 1. The lowest BCUT2D eigenvalue weighted by Gasteiger charge is -2.10. The summed E-state index contributed by atoms with van der Waals surface area (Å²) >= 11 is 0. The number of hydrogen-bond acceptors (Lipinski definition) is 4. The highest BCUT2D eigenvalue weighted by Gasteiger charge is 2.13. The zero-order valence-electron chi connectivity index (χ0n) is 10.6. The lowest BCUT2D eigenvalue weighted by molar-refractivity contribution is 0.102. The third-order valence-electron chi connectivity index (χ3n) is 2.74. The molecular weight excluding hydrogens is 244 g/mol. The monoisotopic (exact) mass is 260 g/mol. The van der Waals surface area contributed by atoms with Crippen LogP contribution in [0.15, 0.2) is 30.5 Å². The molecule has 0 aliphatic carbocycles. The van der Waals surface area contributed by atoms with Gasteiger partial charge >= 0.3 is 0 Å². The fraction of sp³-hybridized carbons (Fsp3) is 0.231. The van der Waals surface area contributed by atoms with Crippen molar-refractivity contribution in [3.8, 4) is 0 Å². The Balaban J connectivity index is 2.15. The molecular formula is C13H16N4O2. The molecule has 0 bridgehead atoms. The fourth-order valence-corrected chi connectivity index (χ4v) is 1.73. The molecule has 2 rings (SSSR count). The minimum Gasteiger partial charge on any atom is -0.396 e. The first-order valence-electron chi connectivity index (χ1n) is 5.89. The largest absolute Gasteiger partial charge is 0.396 e. The lowest BCUT2D eigenvalue weighted by Crippen LogP contribution is -2.15. The van der Waals surface area contributed by atoms with Gasteiger partial charge < -0.3 is 15.8 Å². The number of aromatic nitrogens is 2. The number of ether oxygens (including phenoxy) is 1. The van der Waals surface area contributed by atoms with Crippen LogP contribution in [-0.2, 0) is 11.2 Å². The maximum Gasteiger partial charge on any atom is 0.275 e. The Labute approximate surface area is 111 Å². The van der Waals surface area contributed by atoms with E-state index >= 15 is 0 Å². The zero-order chi connectivity index (χ0) is 13.7. The molecule has 0 radical (unpaired) electrons. The number of rotatable bonds is 5. The molecule has 6 heteroatoms. The molecule has 4 N–H and O–H groups in total. The second-order valence-electron chi connectivity index (χ2n) is 4.05. The minimum absolute atomic E-state index is 0.265. The van der Waals surface area contributed by atoms with Crippen LogP contribution < -0.4 is 11.1 Å². The van der Waals surface area contributed by atoms with Gasteiger partial charge in [0.15, 0.2) is 0 Å². The Kier molecular flexibility index (Phi) is 4.15. The van der Waals surface area contributed by atoms with Crippen molar-refractivity contribution < 1.29 is 9.53 Å². The number of nitrogens with zero attached hydrogens (tertiary/aromatic N) is 1. The highest BCUT2D eigenvalue weighted by Crippen LogP contribution is 2.17. The number of nitrogens with one attached hydrogen (secondary N) is 2. The van der Waals surface area contributed by atoms with Crippen LogP contribution in [-0.4, -0.2) is 29.8 Å². The van der Waals surface area contributed by atoms with Crippen LogP contribution in [0.4, 0.5) is 11.4 Å². The second kappa shape index (κ2) is 6.01. The second-order valence-corrected chi connectivity index (χ2v) is 4.05. The molecule has 1 aromatic carbocycles. The molecule has 19 heavy (non-hydrogen) atoms. The number of benzene rings is 1. The summed E-state index contributed by atoms with van der Waals surface area (Å²) in [4.78, 5) is 12.0. The number of nitrogen functional groups attached to an aromatic ring is 1. The molecule has 0 aliphatic rings. The summed E-state index contributed by atoms with van der Waals surface area (Å²) in [7, 11) is 1.65. The highest BCUT2D eigenvalue weighted by molar-refractivity contribution is 6.06. The van der Waals surface area contributed by atoms with E-state index in [4.69, 9.17) is 10.5 Å². The van der Waals surface area contributed by atoms with Crippen molar-refractivity contribution in [2.75, 3.05) is 24.8 Å². The van der Waals surface area contributed by atoms with Crippen LogP contribution in [0.3, 0.4) is 0 Å². The van der Waals surface area contributed by atoms with E-state index in [2.05, 4.69) is 15.5 Å². The Morgan fingerprint density at radius 3 is 2.95 bits per heavy atom. The van der Waals surface area contributed by atoms with Gasteiger partial charge in [0.05, 0.1) is 18.5 Å². The first-order chi connectivity index (χ1) is 9.22. The Morgan fingerprint density at radius 1 is 1.47 bits per heavy atom. The summed E-state index contributed by atoms with van der Waals surface area (Å²) in [5.41, 5.74) is 7.99. The maximum atomic E-state index is 12.0. The molecule has 2 aromatic rings. The van der Waals surface area contributed by atoms with Crippen LogP contribution in [0.5, 0.6) is 0 Å². The molecule has 100 valence electrons. The molecule has 0 saturated carbocycles. The van der Waals surface area contributed by atoms with Crippen LogP contribution in [0.25, 0.3) is 0 Å². The van der Waals surface area contributed by atoms with Crippen molar-refractivity contribution in [1.82, 2.24) is 10.2 Å². The first kappa shape index (κ1) is 13.1. The number of hydrogen-bond donors (Lipinski definition) is 3. The third kappa shape index (κ3) is 3.11. The van der Waals surface area contributed by atoms with E-state index in [1.807, 2.05) is 24.3 Å². The summed E-state index contributed by atoms with van der Waals surface area (Å²) < 4.78 is 5.05. The Morgan fingerprint density at radius 2 is 2.26 bits per heavy atom. The summed E-state index contributed by atoms with van der Waals surface area (Å²) in [6, 6.07) is 7.58. The quantitative estimate of drug-likeness (QED) is 0.758. The molecule has 0 aliphatic heterocycles. The Bertz CT molecular complexity index is 565. The van der Waals surface area contributed by atoms with Crippen molar-refractivity contribution in [3.05, 3.63) is 41.7 Å². The van der Waals surface area contributed by atoms with Crippen LogP contribution in [0.2, 0.25) is 0 Å². The molecule has 0 fully saturated rings. The van der Waals surface area contributed by atoms with Crippen LogP contribution in [0.1, 0.15) is 16.1 Å². The third-order valence-corrected chi connectivity index (χ3v) is 2.74. The highest BCUT2D eigenvalue weighted by atomic mass is 16.5. The number of carbonyl (C=O) groups is 1. The number of carbonyl (C=O) groups excluding carboxylic acids is 1. The van der Waals surface area contributed by atoms with E-state index in [1.165, 1.54) is 6.20 Å². The van der Waals surface area contributed by atoms with E-state index < -0.39 is 0 Å². The molecule has 0 spiro atoms. The predicted molar refractivity (Wildman–Crippen MR) is 73.0 cm³/mol. The molecule has 0 unspecified atom stereocenters. The molecule has 1 heterocycles. The van der Waals surface area contributed by atoms with Gasteiger partial charge in [-0.3, -0.25) is 9.89 Å². The number of para-hydroxylation sites is 1. The van der Waals surface area contributed by atoms with Crippen molar-refractivity contribution in [1.29, 1.82) is 0 Å². The normalized spacial score (nSPS) is 10.4. The summed E-state index contributed by atoms with van der Waals surface area (Å²) in [6.07, 6.45) is 2.14. The van der Waals surface area contributed by atoms with Gasteiger partial charge in [0.25, 0.3) is 5.91 Å². The van der Waals surface area contributed by atoms with Gasteiger partial charge in [-0.1, -0.05) is 18.2 Å². The van der Waals surface area contributed by atoms with E-state index in [-0.39, 0.29) is 11.6 Å². The molecule has 0 atom stereocenters. The lowest BCUT2D eigenvalue weighted by atomic mass is 10.1. The smallest absolute Gasteiger partial charge is 0.275 e. The fourth-order valence-electron chi connectivity index (χ4n) is 1.73. The van der Waals surface area contributed by atoms with Crippen molar-refractivity contribution in [2.45, 2.75) is 6.42 Å². The Hall–Kier alpha value is -2.34. The zero-order valence-corrected chi connectivity index (χ0v) is 10.6. The number of anilines is 2. The molecule has 1 amide bonds. The average molecular weight is 260 g/mol. The standard InChI is InChI=1S/C13H16N4O2/c1-19-7-6-9-4-2-3-5-11(9)16-13(18)12-10(14)8-15-17-12/h2-5,8H,6-7,14H2,1H3,(H,15,17)(H,16,18). The van der Waals surface area contributed by atoms with Crippen molar-refractivity contribution >= 4 is 17.3 Å². The summed E-state index contributed by atoms with van der Waals surface area (Å²) in [5.74, 6) is -0.306. The number of H-pyrrole nitrogens is 1. The average Bonchev–Trinajstić information content (AvgIpc) is 2.84. The van der Waals surface area contributed by atoms with E-state index in [1.54, 1.807) is 7.11 Å². The van der Waals surface area contributed by atoms with Crippen molar-refractivity contribution in [3.63, 3.8) is 0 Å². The van der Waals surface area contributed by atoms with Gasteiger partial charge in [-0.05, 0) is 18.1 Å². The molecule has 1 aromatic heterocycles. The van der Waals surface area contributed by atoms with Gasteiger partial charge in [0, 0.05) is 12.8 Å². The van der Waals surface area contributed by atoms with Crippen LogP contribution in [0, 0.1) is 0 Å². The first-order valence-corrected chi connectivity index (χ1v) is 5.89. The number of methoxy groups -OCH3 is 1. The summed E-state index contributed by atoms with van der Waals surface area (Å²) in [6.45, 7) is 0.596. The topological polar surface area (TPSA) is 93.0 Å². The summed E-state index contributed by atoms with van der Waals surface area (Å²) in [5, 5.41) is 9.12. The van der Waals surface area contributed by atoms with E-state index in [0.717, 1.165) is 17.7 Å². The number of amides is 1. The minimum atomic E-state index is -0.306. The van der Waals surface area contributed by atoms with Gasteiger partial charge in [-0.25, -0.2) is 0 Å². The van der Waals surface area contributed by atoms with Crippen molar-refractivity contribution in [2.24, 2.45) is 0 Å². The van der Waals surface area contributed by atoms with E-state index in [0.29, 0.717) is 12.3 Å². The van der Waals surface area contributed by atoms with E-state index in [9.17, 15) is 4.79 Å². The van der Waals surface area contributed by atoms with Gasteiger partial charge in [0.2, 0.25) is 0 Å². The van der Waals surface area contributed by atoms with Crippen LogP contribution >= 0.6 is 0 Å². The molecule has 6 nitrogen and oxygen atoms in total. The van der Waals surface area contributed by atoms with Gasteiger partial charge in [-0.2, -0.15) is 5.10 Å². The predicted octanol–water partition coefficient (Wildman–Crippen LogP) is 1.43. The van der Waals surface area contributed by atoms with Gasteiger partial charge in [0.1, 0.15) is 5.69 Å².